The Morgan fingerprint density at radius 3 is 1.77 bits per heavy atom. The van der Waals surface area contributed by atoms with E-state index in [1.165, 1.54) is 44.5 Å². The molecule has 6 nitrogen and oxygen atoms in total. The Bertz CT molecular complexity index is 543. The summed E-state index contributed by atoms with van der Waals surface area (Å²) < 4.78 is 8.31. The van der Waals surface area contributed by atoms with E-state index in [0.717, 1.165) is 38.3 Å². The van der Waals surface area contributed by atoms with Crippen molar-refractivity contribution in [3.05, 3.63) is 30.3 Å². The van der Waals surface area contributed by atoms with E-state index in [-0.39, 0.29) is 17.0 Å². The quantitative estimate of drug-likeness (QED) is 0.129. The number of guanidine groups is 1. The summed E-state index contributed by atoms with van der Waals surface area (Å²) in [4.78, 5) is 9.09. The van der Waals surface area contributed by atoms with Gasteiger partial charge in [-0.15, -0.1) is 0 Å². The standard InChI is InChI=1S/C23H43N4O2.BrH/c1-25(2)23(26(3)4)27(19-13-6-8-15-21-29-24)18-12-5-7-14-20-28-22-16-10-9-11-17-22;/h9-11,16-17H,5-8,12-15,18-21,24H2,1-4H3;1H/q+1;/p-1. The van der Waals surface area contributed by atoms with E-state index < -0.39 is 0 Å². The maximum absolute atomic E-state index is 5.78. The molecule has 0 aliphatic carbocycles. The van der Waals surface area contributed by atoms with Crippen LogP contribution in [0.5, 0.6) is 5.75 Å². The van der Waals surface area contributed by atoms with E-state index in [1.54, 1.807) is 0 Å². The van der Waals surface area contributed by atoms with E-state index >= 15 is 0 Å². The molecule has 0 aromatic heterocycles. The molecule has 0 saturated carbocycles. The van der Waals surface area contributed by atoms with Crippen molar-refractivity contribution in [2.45, 2.75) is 51.4 Å². The van der Waals surface area contributed by atoms with Gasteiger partial charge < -0.3 is 26.6 Å². The van der Waals surface area contributed by atoms with Gasteiger partial charge in [0.15, 0.2) is 0 Å². The van der Waals surface area contributed by atoms with Crippen molar-refractivity contribution in [3.8, 4) is 5.75 Å². The van der Waals surface area contributed by atoms with Crippen LogP contribution in [-0.4, -0.2) is 74.8 Å². The summed E-state index contributed by atoms with van der Waals surface area (Å²) in [5.41, 5.74) is 0. The zero-order valence-corrected chi connectivity index (χ0v) is 21.1. The molecule has 0 aliphatic heterocycles. The third-order valence-corrected chi connectivity index (χ3v) is 4.86. The molecule has 1 rings (SSSR count). The Kier molecular flexibility index (Phi) is 17.7. The first-order chi connectivity index (χ1) is 14.1. The van der Waals surface area contributed by atoms with Crippen LogP contribution in [0.15, 0.2) is 30.3 Å². The van der Waals surface area contributed by atoms with Crippen molar-refractivity contribution in [1.82, 2.24) is 9.80 Å². The molecule has 0 fully saturated rings. The van der Waals surface area contributed by atoms with Crippen LogP contribution in [0.2, 0.25) is 0 Å². The Morgan fingerprint density at radius 1 is 0.767 bits per heavy atom. The zero-order chi connectivity index (χ0) is 21.3. The Labute approximate surface area is 194 Å². The van der Waals surface area contributed by atoms with E-state index in [2.05, 4.69) is 47.4 Å². The minimum Gasteiger partial charge on any atom is -1.00 e. The topological polar surface area (TPSA) is 54.0 Å². The van der Waals surface area contributed by atoms with Crippen LogP contribution in [0.1, 0.15) is 51.4 Å². The lowest BCUT2D eigenvalue weighted by atomic mass is 10.1. The summed E-state index contributed by atoms with van der Waals surface area (Å²) in [6, 6.07) is 10.1. The smallest absolute Gasteiger partial charge is 0.349 e. The lowest BCUT2D eigenvalue weighted by molar-refractivity contribution is -0.538. The summed E-state index contributed by atoms with van der Waals surface area (Å²) in [5.74, 6) is 7.34. The van der Waals surface area contributed by atoms with Gasteiger partial charge in [-0.3, -0.25) is 14.4 Å². The van der Waals surface area contributed by atoms with E-state index in [9.17, 15) is 0 Å². The van der Waals surface area contributed by atoms with Gasteiger partial charge in [0.25, 0.3) is 0 Å². The maximum atomic E-state index is 5.78. The average Bonchev–Trinajstić information content (AvgIpc) is 2.69. The van der Waals surface area contributed by atoms with Gasteiger partial charge in [0.05, 0.1) is 54.5 Å². The van der Waals surface area contributed by atoms with Crippen LogP contribution in [0.4, 0.5) is 0 Å². The van der Waals surface area contributed by atoms with Crippen molar-refractivity contribution < 1.29 is 31.1 Å². The molecule has 0 bridgehead atoms. The predicted molar refractivity (Wildman–Crippen MR) is 121 cm³/mol. The summed E-state index contributed by atoms with van der Waals surface area (Å²) in [5, 5.41) is 0. The molecule has 1 aromatic rings. The summed E-state index contributed by atoms with van der Waals surface area (Å²) in [7, 11) is 8.51. The fourth-order valence-corrected chi connectivity index (χ4v) is 3.58. The zero-order valence-electron chi connectivity index (χ0n) is 19.5. The first-order valence-electron chi connectivity index (χ1n) is 11.0. The van der Waals surface area contributed by atoms with Crippen LogP contribution >= 0.6 is 0 Å². The van der Waals surface area contributed by atoms with Crippen molar-refractivity contribution in [2.24, 2.45) is 5.90 Å². The van der Waals surface area contributed by atoms with Crippen LogP contribution < -0.4 is 27.6 Å². The molecule has 0 radical (unpaired) electrons. The highest BCUT2D eigenvalue weighted by molar-refractivity contribution is 5.74. The maximum Gasteiger partial charge on any atom is 0.349 e. The Morgan fingerprint density at radius 2 is 1.27 bits per heavy atom. The molecule has 1 aromatic carbocycles. The Balaban J connectivity index is 0.00000841. The minimum atomic E-state index is 0. The van der Waals surface area contributed by atoms with Gasteiger partial charge in [0.1, 0.15) is 5.75 Å². The Hall–Kier alpha value is -1.31. The van der Waals surface area contributed by atoms with Crippen molar-refractivity contribution >= 4 is 5.96 Å². The third-order valence-electron chi connectivity index (χ3n) is 4.86. The molecule has 2 N–H and O–H groups in total. The number of nitrogens with two attached hydrogens (primary N) is 1. The minimum absolute atomic E-state index is 0. The molecular formula is C23H43BrN4O2. The molecule has 0 spiro atoms. The number of benzene rings is 1. The van der Waals surface area contributed by atoms with Gasteiger partial charge in [0, 0.05) is 0 Å². The SMILES string of the molecule is CN(C)C(N(C)C)=[N+](CCCCCCON)CCCCCCOc1ccccc1.[Br-]. The number of hydrogen-bond acceptors (Lipinski definition) is 3. The van der Waals surface area contributed by atoms with E-state index in [1.807, 2.05) is 30.3 Å². The first kappa shape index (κ1) is 28.7. The second-order valence-corrected chi connectivity index (χ2v) is 7.94. The second-order valence-electron chi connectivity index (χ2n) is 7.94. The van der Waals surface area contributed by atoms with Crippen molar-refractivity contribution in [3.63, 3.8) is 0 Å². The number of ether oxygens (including phenoxy) is 1. The van der Waals surface area contributed by atoms with Crippen LogP contribution in [-0.2, 0) is 4.84 Å². The van der Waals surface area contributed by atoms with Crippen molar-refractivity contribution in [2.75, 3.05) is 54.5 Å². The highest BCUT2D eigenvalue weighted by atomic mass is 79.9. The number of rotatable bonds is 15. The molecule has 30 heavy (non-hydrogen) atoms. The lowest BCUT2D eigenvalue weighted by Gasteiger charge is -2.22. The summed E-state index contributed by atoms with van der Waals surface area (Å²) in [6.07, 6.45) is 9.37. The fourth-order valence-electron chi connectivity index (χ4n) is 3.58. The van der Waals surface area contributed by atoms with Gasteiger partial charge in [0.2, 0.25) is 0 Å². The molecule has 0 heterocycles. The molecule has 174 valence electrons. The van der Waals surface area contributed by atoms with E-state index in [4.69, 9.17) is 10.6 Å². The molecular weight excluding hydrogens is 444 g/mol. The first-order valence-corrected chi connectivity index (χ1v) is 11.0. The highest BCUT2D eigenvalue weighted by Crippen LogP contribution is 2.10. The molecule has 0 amide bonds. The van der Waals surface area contributed by atoms with Crippen LogP contribution in [0, 0.1) is 0 Å². The lowest BCUT2D eigenvalue weighted by Crippen LogP contribution is -3.00. The van der Waals surface area contributed by atoms with Gasteiger partial charge in [-0.05, 0) is 44.2 Å². The monoisotopic (exact) mass is 486 g/mol. The number of para-hydroxylation sites is 1. The van der Waals surface area contributed by atoms with Gasteiger partial charge >= 0.3 is 5.96 Å². The average molecular weight is 488 g/mol. The van der Waals surface area contributed by atoms with Crippen LogP contribution in [0.25, 0.3) is 0 Å². The number of hydrogen-bond donors (Lipinski definition) is 1. The van der Waals surface area contributed by atoms with Crippen LogP contribution in [0.3, 0.4) is 0 Å². The molecule has 0 saturated heterocycles. The normalized spacial score (nSPS) is 10.3. The van der Waals surface area contributed by atoms with Gasteiger partial charge in [-0.2, -0.15) is 0 Å². The summed E-state index contributed by atoms with van der Waals surface area (Å²) in [6.45, 7) is 3.64. The van der Waals surface area contributed by atoms with Gasteiger partial charge in [-0.1, -0.05) is 37.5 Å². The largest absolute Gasteiger partial charge is 1.00 e. The highest BCUT2D eigenvalue weighted by Gasteiger charge is 2.18. The number of unbranched alkanes of at least 4 members (excludes halogenated alkanes) is 6. The second kappa shape index (κ2) is 18.5. The molecule has 0 aliphatic rings. The number of halogens is 1. The molecule has 0 atom stereocenters. The number of nitrogens with zero attached hydrogens (tertiary/aromatic N) is 3. The molecule has 7 heteroatoms. The van der Waals surface area contributed by atoms with E-state index in [0.29, 0.717) is 6.61 Å². The summed E-state index contributed by atoms with van der Waals surface area (Å²) >= 11 is 0. The predicted octanol–water partition coefficient (Wildman–Crippen LogP) is 0.572. The third kappa shape index (κ3) is 13.1. The van der Waals surface area contributed by atoms with Gasteiger partial charge in [-0.25, -0.2) is 5.90 Å². The fraction of sp³-hybridized carbons (Fsp3) is 0.696. The molecule has 0 unspecified atom stereocenters. The van der Waals surface area contributed by atoms with Crippen molar-refractivity contribution in [1.29, 1.82) is 0 Å².